The predicted octanol–water partition coefficient (Wildman–Crippen LogP) is 5.14. The van der Waals surface area contributed by atoms with E-state index in [4.69, 9.17) is 14.2 Å². The van der Waals surface area contributed by atoms with Crippen molar-refractivity contribution in [3.8, 4) is 11.5 Å². The van der Waals surface area contributed by atoms with Gasteiger partial charge in [0.1, 0.15) is 17.4 Å². The molecule has 0 saturated heterocycles. The maximum absolute atomic E-state index is 14.4. The van der Waals surface area contributed by atoms with Crippen molar-refractivity contribution in [1.29, 1.82) is 0 Å². The van der Waals surface area contributed by atoms with Gasteiger partial charge in [0.15, 0.2) is 5.69 Å². The minimum atomic E-state index is -1.23. The molecule has 4 aromatic rings. The predicted molar refractivity (Wildman–Crippen MR) is 154 cm³/mol. The Kier molecular flexibility index (Phi) is 8.83. The molecule has 1 aromatic heterocycles. The summed E-state index contributed by atoms with van der Waals surface area (Å²) in [5.74, 6) is -2.78. The van der Waals surface area contributed by atoms with Crippen molar-refractivity contribution in [2.75, 3.05) is 19.9 Å². The van der Waals surface area contributed by atoms with Crippen molar-refractivity contribution in [2.24, 2.45) is 0 Å². The summed E-state index contributed by atoms with van der Waals surface area (Å²) >= 11 is 0. The molecule has 14 heteroatoms. The number of non-ortho nitro benzene ring substituents is 1. The molecule has 0 N–H and O–H groups in total. The first-order valence-corrected chi connectivity index (χ1v) is 13.7. The van der Waals surface area contributed by atoms with Gasteiger partial charge in [-0.2, -0.15) is 5.10 Å². The van der Waals surface area contributed by atoms with Crippen LogP contribution in [0.2, 0.25) is 0 Å². The number of ether oxygens (including phenoxy) is 3. The van der Waals surface area contributed by atoms with Crippen LogP contribution in [0.5, 0.6) is 11.5 Å². The number of nitro groups is 1. The molecule has 0 bridgehead atoms. The number of nitrogens with zero attached hydrogens (tertiary/aromatic N) is 4. The van der Waals surface area contributed by atoms with E-state index in [2.05, 4.69) is 5.10 Å². The van der Waals surface area contributed by atoms with Gasteiger partial charge < -0.3 is 19.1 Å². The number of aromatic nitrogens is 2. The second kappa shape index (κ2) is 12.9. The summed E-state index contributed by atoms with van der Waals surface area (Å²) in [6.07, 6.45) is -0.292. The molecule has 0 saturated carbocycles. The summed E-state index contributed by atoms with van der Waals surface area (Å²) in [5, 5.41) is 15.2. The van der Waals surface area contributed by atoms with Gasteiger partial charge in [0.05, 0.1) is 17.2 Å². The highest BCUT2D eigenvalue weighted by atomic mass is 19.1. The fourth-order valence-corrected chi connectivity index (χ4v) is 5.25. The molecule has 12 nitrogen and oxygen atoms in total. The lowest BCUT2D eigenvalue weighted by molar-refractivity contribution is -0.384. The van der Waals surface area contributed by atoms with E-state index in [9.17, 15) is 33.3 Å². The van der Waals surface area contributed by atoms with Crippen molar-refractivity contribution in [3.63, 3.8) is 0 Å². The molecule has 0 fully saturated rings. The Morgan fingerprint density at radius 3 is 2.31 bits per heavy atom. The largest absolute Gasteiger partial charge is 0.516 e. The Hall–Kier alpha value is -5.66. The molecule has 1 unspecified atom stereocenters. The van der Waals surface area contributed by atoms with Gasteiger partial charge in [-0.25, -0.2) is 13.6 Å². The number of fused-ring (bicyclic) bond motifs is 1. The zero-order valence-corrected chi connectivity index (χ0v) is 24.0. The van der Waals surface area contributed by atoms with Crippen molar-refractivity contribution in [2.45, 2.75) is 25.8 Å². The minimum absolute atomic E-state index is 0.00399. The first kappa shape index (κ1) is 30.8. The average molecular weight is 621 g/mol. The lowest BCUT2D eigenvalue weighted by Crippen LogP contribution is -2.47. The van der Waals surface area contributed by atoms with Crippen LogP contribution in [0.25, 0.3) is 0 Å². The van der Waals surface area contributed by atoms with Gasteiger partial charge in [0, 0.05) is 31.1 Å². The van der Waals surface area contributed by atoms with Crippen molar-refractivity contribution in [3.05, 3.63) is 127 Å². The molecule has 1 amide bonds. The molecule has 0 radical (unpaired) electrons. The van der Waals surface area contributed by atoms with Gasteiger partial charge in [-0.05, 0) is 60.9 Å². The highest BCUT2D eigenvalue weighted by Crippen LogP contribution is 2.40. The Bertz CT molecular complexity index is 1800. The molecule has 2 heterocycles. The molecule has 5 rings (SSSR count). The number of hydrogen-bond donors (Lipinski definition) is 0. The Balaban J connectivity index is 1.46. The Labute approximate surface area is 254 Å². The SMILES string of the molecule is CCN1CC(C(c2cccc(F)c2)c2cccc(F)c2)n2ncc(=O)c(OCOC(=O)Oc3ccc([N+](=O)[O-])cc3C)c2C1=O. The number of benzene rings is 3. The maximum Gasteiger partial charge on any atom is 0.516 e. The van der Waals surface area contributed by atoms with Crippen molar-refractivity contribution >= 4 is 17.7 Å². The Morgan fingerprint density at radius 1 is 1.07 bits per heavy atom. The topological polar surface area (TPSA) is 143 Å². The lowest BCUT2D eigenvalue weighted by Gasteiger charge is -2.39. The molecule has 45 heavy (non-hydrogen) atoms. The molecular weight excluding hydrogens is 594 g/mol. The molecule has 1 aliphatic rings. The van der Waals surface area contributed by atoms with Gasteiger partial charge in [0.25, 0.3) is 11.6 Å². The van der Waals surface area contributed by atoms with E-state index in [0.717, 1.165) is 12.3 Å². The summed E-state index contributed by atoms with van der Waals surface area (Å²) in [6.45, 7) is 2.72. The highest BCUT2D eigenvalue weighted by molar-refractivity contribution is 5.96. The molecule has 232 valence electrons. The van der Waals surface area contributed by atoms with Crippen molar-refractivity contribution in [1.82, 2.24) is 14.7 Å². The van der Waals surface area contributed by atoms with Crippen LogP contribution in [0, 0.1) is 28.7 Å². The van der Waals surface area contributed by atoms with E-state index in [1.54, 1.807) is 19.1 Å². The number of nitro benzene ring substituents is 1. The van der Waals surface area contributed by atoms with Crippen LogP contribution in [0.15, 0.2) is 77.7 Å². The van der Waals surface area contributed by atoms with Crippen LogP contribution in [0.4, 0.5) is 19.3 Å². The summed E-state index contributed by atoms with van der Waals surface area (Å²) < 4.78 is 45.7. The normalized spacial score (nSPS) is 14.2. The fourth-order valence-electron chi connectivity index (χ4n) is 5.25. The first-order valence-electron chi connectivity index (χ1n) is 13.7. The number of aryl methyl sites for hydroxylation is 1. The van der Waals surface area contributed by atoms with Crippen LogP contribution in [-0.4, -0.2) is 51.5 Å². The molecule has 0 aliphatic carbocycles. The van der Waals surface area contributed by atoms with Crippen LogP contribution in [0.1, 0.15) is 46.1 Å². The lowest BCUT2D eigenvalue weighted by atomic mass is 9.83. The van der Waals surface area contributed by atoms with E-state index in [-0.39, 0.29) is 30.2 Å². The van der Waals surface area contributed by atoms with Crippen LogP contribution in [-0.2, 0) is 4.74 Å². The zero-order valence-electron chi connectivity index (χ0n) is 24.0. The molecule has 0 spiro atoms. The highest BCUT2D eigenvalue weighted by Gasteiger charge is 2.40. The third-order valence-electron chi connectivity index (χ3n) is 7.30. The van der Waals surface area contributed by atoms with Gasteiger partial charge >= 0.3 is 6.16 Å². The minimum Gasteiger partial charge on any atom is -0.451 e. The monoisotopic (exact) mass is 620 g/mol. The third kappa shape index (κ3) is 6.49. The second-order valence-corrected chi connectivity index (χ2v) is 10.1. The van der Waals surface area contributed by atoms with Crippen LogP contribution < -0.4 is 14.9 Å². The van der Waals surface area contributed by atoms with E-state index in [1.165, 1.54) is 65.0 Å². The summed E-state index contributed by atoms with van der Waals surface area (Å²) in [7, 11) is 0. The van der Waals surface area contributed by atoms with E-state index < -0.39 is 58.6 Å². The number of likely N-dealkylation sites (N-methyl/N-ethyl adjacent to an activating group) is 1. The fraction of sp³-hybridized carbons (Fsp3) is 0.226. The van der Waals surface area contributed by atoms with Gasteiger partial charge in [-0.15, -0.1) is 0 Å². The van der Waals surface area contributed by atoms with E-state index in [0.29, 0.717) is 16.7 Å². The smallest absolute Gasteiger partial charge is 0.451 e. The first-order chi connectivity index (χ1) is 21.6. The maximum atomic E-state index is 14.4. The molecule has 1 atom stereocenters. The second-order valence-electron chi connectivity index (χ2n) is 10.1. The number of hydrogen-bond acceptors (Lipinski definition) is 9. The average Bonchev–Trinajstić information content (AvgIpc) is 3.00. The molecule has 1 aliphatic heterocycles. The standard InChI is InChI=1S/C31H26F2N4O8/c1-3-35-16-24(27(19-6-4-8-21(32)13-19)20-7-5-9-22(33)14-20)36-28(30(35)39)29(25(38)15-34-36)43-17-44-31(40)45-26-11-10-23(37(41)42)12-18(26)2/h4-15,24,27H,3,16-17H2,1-2H3. The summed E-state index contributed by atoms with van der Waals surface area (Å²) in [6, 6.07) is 14.4. The van der Waals surface area contributed by atoms with Gasteiger partial charge in [0.2, 0.25) is 18.0 Å². The zero-order chi connectivity index (χ0) is 32.2. The van der Waals surface area contributed by atoms with Crippen LogP contribution in [0.3, 0.4) is 0 Å². The van der Waals surface area contributed by atoms with Gasteiger partial charge in [-0.1, -0.05) is 24.3 Å². The molecular formula is C31H26F2N4O8. The number of carbonyl (C=O) groups is 2. The third-order valence-corrected chi connectivity index (χ3v) is 7.30. The Morgan fingerprint density at radius 2 is 1.73 bits per heavy atom. The number of carbonyl (C=O) groups excluding carboxylic acids is 2. The van der Waals surface area contributed by atoms with Crippen molar-refractivity contribution < 1.29 is 37.5 Å². The van der Waals surface area contributed by atoms with Crippen LogP contribution >= 0.6 is 0 Å². The summed E-state index contributed by atoms with van der Waals surface area (Å²) in [5.41, 5.74) is 0.0609. The summed E-state index contributed by atoms with van der Waals surface area (Å²) in [4.78, 5) is 50.6. The number of halogens is 2. The van der Waals surface area contributed by atoms with Gasteiger partial charge in [-0.3, -0.25) is 24.4 Å². The number of rotatable bonds is 9. The molecule has 3 aromatic carbocycles. The number of amides is 1. The quantitative estimate of drug-likeness (QED) is 0.0817. The van der Waals surface area contributed by atoms with E-state index in [1.807, 2.05) is 0 Å². The van der Waals surface area contributed by atoms with E-state index >= 15 is 0 Å².